The van der Waals surface area contributed by atoms with Crippen LogP contribution in [0.4, 0.5) is 10.1 Å². The van der Waals surface area contributed by atoms with Gasteiger partial charge >= 0.3 is 0 Å². The molecule has 1 aliphatic rings. The summed E-state index contributed by atoms with van der Waals surface area (Å²) >= 11 is 0. The van der Waals surface area contributed by atoms with E-state index in [2.05, 4.69) is 10.0 Å². The van der Waals surface area contributed by atoms with E-state index in [0.29, 0.717) is 30.6 Å². The maximum atomic E-state index is 13.5. The molecule has 3 rings (SSSR count). The van der Waals surface area contributed by atoms with Crippen molar-refractivity contribution >= 4 is 27.5 Å². The molecule has 1 heterocycles. The molecule has 9 heteroatoms. The highest BCUT2D eigenvalue weighted by molar-refractivity contribution is 7.89. The highest BCUT2D eigenvalue weighted by atomic mass is 32.2. The van der Waals surface area contributed by atoms with E-state index in [9.17, 15) is 22.4 Å². The van der Waals surface area contributed by atoms with Crippen molar-refractivity contribution < 1.29 is 22.4 Å². The Morgan fingerprint density at radius 1 is 1.10 bits per heavy atom. The van der Waals surface area contributed by atoms with Gasteiger partial charge in [0.15, 0.2) is 0 Å². The fourth-order valence-electron chi connectivity index (χ4n) is 3.07. The number of anilines is 1. The van der Waals surface area contributed by atoms with Crippen LogP contribution in [-0.4, -0.2) is 39.9 Å². The minimum atomic E-state index is -3.87. The standard InChI is InChI=1S/C20H22FN3O4S/c21-18-5-2-1-4-15(18)11-12-22-19(25)14-23-29(27,28)17-9-7-16(8-10-17)24-13-3-6-20(24)26/h1-2,4-5,7-10,23H,3,6,11-14H2,(H,22,25). The van der Waals surface area contributed by atoms with Crippen LogP contribution in [-0.2, 0) is 26.0 Å². The van der Waals surface area contributed by atoms with Crippen LogP contribution in [0.25, 0.3) is 0 Å². The van der Waals surface area contributed by atoms with Gasteiger partial charge in [0, 0.05) is 25.2 Å². The van der Waals surface area contributed by atoms with Crippen LogP contribution in [0.3, 0.4) is 0 Å². The van der Waals surface area contributed by atoms with E-state index in [1.807, 2.05) is 0 Å². The van der Waals surface area contributed by atoms with Crippen molar-refractivity contribution in [3.05, 3.63) is 59.9 Å². The van der Waals surface area contributed by atoms with Gasteiger partial charge < -0.3 is 10.2 Å². The van der Waals surface area contributed by atoms with Gasteiger partial charge in [-0.1, -0.05) is 18.2 Å². The van der Waals surface area contributed by atoms with E-state index in [4.69, 9.17) is 0 Å². The summed E-state index contributed by atoms with van der Waals surface area (Å²) in [6, 6.07) is 12.2. The van der Waals surface area contributed by atoms with Gasteiger partial charge in [-0.05, 0) is 48.7 Å². The van der Waals surface area contributed by atoms with Gasteiger partial charge in [-0.25, -0.2) is 17.5 Å². The summed E-state index contributed by atoms with van der Waals surface area (Å²) in [5, 5.41) is 2.56. The van der Waals surface area contributed by atoms with Gasteiger partial charge in [-0.15, -0.1) is 0 Å². The number of carbonyl (C=O) groups is 2. The third-order valence-electron chi connectivity index (χ3n) is 4.63. The third-order valence-corrected chi connectivity index (χ3v) is 6.05. The van der Waals surface area contributed by atoms with Gasteiger partial charge in [0.25, 0.3) is 0 Å². The first-order chi connectivity index (χ1) is 13.9. The molecule has 2 N–H and O–H groups in total. The largest absolute Gasteiger partial charge is 0.355 e. The molecule has 1 saturated heterocycles. The Balaban J connectivity index is 1.49. The number of hydrogen-bond acceptors (Lipinski definition) is 4. The van der Waals surface area contributed by atoms with Crippen LogP contribution in [0, 0.1) is 5.82 Å². The van der Waals surface area contributed by atoms with Crippen LogP contribution in [0.2, 0.25) is 0 Å². The first-order valence-corrected chi connectivity index (χ1v) is 10.8. The highest BCUT2D eigenvalue weighted by Gasteiger charge is 2.22. The average Bonchev–Trinajstić information content (AvgIpc) is 3.14. The summed E-state index contributed by atoms with van der Waals surface area (Å²) in [5.74, 6) is -0.837. The number of hydrogen-bond donors (Lipinski definition) is 2. The number of benzene rings is 2. The average molecular weight is 419 g/mol. The van der Waals surface area contributed by atoms with Crippen LogP contribution < -0.4 is 14.9 Å². The summed E-state index contributed by atoms with van der Waals surface area (Å²) in [7, 11) is -3.87. The third kappa shape index (κ3) is 5.39. The Morgan fingerprint density at radius 2 is 1.83 bits per heavy atom. The molecule has 7 nitrogen and oxygen atoms in total. The summed E-state index contributed by atoms with van der Waals surface area (Å²) < 4.78 is 40.5. The number of nitrogens with zero attached hydrogens (tertiary/aromatic N) is 1. The molecule has 154 valence electrons. The second-order valence-electron chi connectivity index (χ2n) is 6.66. The SMILES string of the molecule is O=C(CNS(=O)(=O)c1ccc(N2CCCC2=O)cc1)NCCc1ccccc1F. The molecule has 0 saturated carbocycles. The van der Waals surface area contributed by atoms with Crippen molar-refractivity contribution in [1.82, 2.24) is 10.0 Å². The summed E-state index contributed by atoms with van der Waals surface area (Å²) in [4.78, 5) is 25.3. The minimum absolute atomic E-state index is 0.00653. The molecule has 2 aromatic rings. The molecule has 2 aromatic carbocycles. The predicted octanol–water partition coefficient (Wildman–Crippen LogP) is 1.59. The molecule has 1 aliphatic heterocycles. The molecule has 0 unspecified atom stereocenters. The maximum Gasteiger partial charge on any atom is 0.241 e. The first kappa shape index (κ1) is 20.9. The molecule has 0 atom stereocenters. The highest BCUT2D eigenvalue weighted by Crippen LogP contribution is 2.22. The van der Waals surface area contributed by atoms with Gasteiger partial charge in [-0.2, -0.15) is 0 Å². The van der Waals surface area contributed by atoms with E-state index in [1.54, 1.807) is 35.2 Å². The fraction of sp³-hybridized carbons (Fsp3) is 0.300. The number of rotatable bonds is 8. The molecule has 2 amide bonds. The molecule has 0 aromatic heterocycles. The molecule has 0 bridgehead atoms. The van der Waals surface area contributed by atoms with Crippen molar-refractivity contribution in [1.29, 1.82) is 0 Å². The monoisotopic (exact) mass is 419 g/mol. The smallest absolute Gasteiger partial charge is 0.241 e. The number of carbonyl (C=O) groups excluding carboxylic acids is 2. The summed E-state index contributed by atoms with van der Waals surface area (Å²) in [6.45, 7) is 0.391. The van der Waals surface area contributed by atoms with Crippen molar-refractivity contribution in [2.45, 2.75) is 24.2 Å². The predicted molar refractivity (Wildman–Crippen MR) is 106 cm³/mol. The molecular weight excluding hydrogens is 397 g/mol. The van der Waals surface area contributed by atoms with Gasteiger partial charge in [0.05, 0.1) is 11.4 Å². The van der Waals surface area contributed by atoms with Crippen LogP contribution in [0.5, 0.6) is 0 Å². The van der Waals surface area contributed by atoms with Crippen LogP contribution >= 0.6 is 0 Å². The van der Waals surface area contributed by atoms with E-state index >= 15 is 0 Å². The lowest BCUT2D eigenvalue weighted by atomic mass is 10.1. The summed E-state index contributed by atoms with van der Waals surface area (Å²) in [5.41, 5.74) is 1.13. The lowest BCUT2D eigenvalue weighted by molar-refractivity contribution is -0.120. The van der Waals surface area contributed by atoms with Gasteiger partial charge in [0.2, 0.25) is 21.8 Å². The van der Waals surface area contributed by atoms with Gasteiger partial charge in [-0.3, -0.25) is 9.59 Å². The van der Waals surface area contributed by atoms with Crippen LogP contribution in [0.15, 0.2) is 53.4 Å². The van der Waals surface area contributed by atoms with E-state index in [-0.39, 0.29) is 23.2 Å². The Morgan fingerprint density at radius 3 is 2.48 bits per heavy atom. The van der Waals surface area contributed by atoms with Crippen molar-refractivity contribution in [3.8, 4) is 0 Å². The number of sulfonamides is 1. The fourth-order valence-corrected chi connectivity index (χ4v) is 4.05. The molecule has 0 aliphatic carbocycles. The van der Waals surface area contributed by atoms with Crippen molar-refractivity contribution in [2.75, 3.05) is 24.5 Å². The van der Waals surface area contributed by atoms with E-state index in [1.165, 1.54) is 18.2 Å². The molecule has 29 heavy (non-hydrogen) atoms. The van der Waals surface area contributed by atoms with Crippen molar-refractivity contribution in [2.24, 2.45) is 0 Å². The zero-order chi connectivity index (χ0) is 20.9. The Kier molecular flexibility index (Phi) is 6.60. The normalized spacial score (nSPS) is 14.2. The lowest BCUT2D eigenvalue weighted by Crippen LogP contribution is -2.37. The number of amides is 2. The zero-order valence-corrected chi connectivity index (χ0v) is 16.5. The quantitative estimate of drug-likeness (QED) is 0.679. The number of nitrogens with one attached hydrogen (secondary N) is 2. The molecule has 1 fully saturated rings. The molecular formula is C20H22FN3O4S. The molecule has 0 radical (unpaired) electrons. The second kappa shape index (κ2) is 9.15. The Hall–Kier alpha value is -2.78. The minimum Gasteiger partial charge on any atom is -0.355 e. The Labute approximate surface area is 169 Å². The zero-order valence-electron chi connectivity index (χ0n) is 15.7. The molecule has 0 spiro atoms. The summed E-state index contributed by atoms with van der Waals surface area (Å²) in [6.07, 6.45) is 1.59. The Bertz CT molecular complexity index is 993. The van der Waals surface area contributed by atoms with E-state index < -0.39 is 22.5 Å². The van der Waals surface area contributed by atoms with Crippen molar-refractivity contribution in [3.63, 3.8) is 0 Å². The van der Waals surface area contributed by atoms with E-state index in [0.717, 1.165) is 6.42 Å². The van der Waals surface area contributed by atoms with Crippen LogP contribution in [0.1, 0.15) is 18.4 Å². The topological polar surface area (TPSA) is 95.6 Å². The maximum absolute atomic E-state index is 13.5. The first-order valence-electron chi connectivity index (χ1n) is 9.27. The lowest BCUT2D eigenvalue weighted by Gasteiger charge is -2.16. The van der Waals surface area contributed by atoms with Gasteiger partial charge in [0.1, 0.15) is 5.82 Å². The number of halogens is 1. The second-order valence-corrected chi connectivity index (χ2v) is 8.43.